The minimum absolute atomic E-state index is 0.0903. The number of unbranched alkanes of at least 4 members (excludes halogenated alkanes) is 2. The number of rotatable bonds is 9. The van der Waals surface area contributed by atoms with Crippen molar-refractivity contribution < 1.29 is 4.39 Å². The number of nitrogens with two attached hydrogens (primary N) is 1. The van der Waals surface area contributed by atoms with Crippen LogP contribution in [0.4, 0.5) is 4.39 Å². The molecule has 0 fully saturated rings. The van der Waals surface area contributed by atoms with E-state index in [1.807, 2.05) is 12.1 Å². The van der Waals surface area contributed by atoms with Gasteiger partial charge in [-0.15, -0.1) is 0 Å². The van der Waals surface area contributed by atoms with Crippen molar-refractivity contribution in [1.82, 2.24) is 4.90 Å². The molecule has 2 nitrogen and oxygen atoms in total. The summed E-state index contributed by atoms with van der Waals surface area (Å²) in [7, 11) is 0. The third-order valence-electron chi connectivity index (χ3n) is 4.13. The summed E-state index contributed by atoms with van der Waals surface area (Å²) < 4.78 is 13.6. The van der Waals surface area contributed by atoms with E-state index in [4.69, 9.17) is 5.73 Å². The van der Waals surface area contributed by atoms with Crippen molar-refractivity contribution in [3.8, 4) is 0 Å². The van der Waals surface area contributed by atoms with Crippen LogP contribution in [0, 0.1) is 12.7 Å². The highest BCUT2D eigenvalue weighted by Crippen LogP contribution is 2.18. The predicted octanol–water partition coefficient (Wildman–Crippen LogP) is 4.42. The summed E-state index contributed by atoms with van der Waals surface area (Å²) in [6.07, 6.45) is 4.63. The Labute approximate surface area is 129 Å². The van der Waals surface area contributed by atoms with Crippen LogP contribution in [0.25, 0.3) is 0 Å². The SMILES string of the molecule is CCCCCN(CCC(N)c1ccc(C)c(F)c1)C(C)C. The number of halogens is 1. The first-order valence-corrected chi connectivity index (χ1v) is 8.21. The molecule has 1 aromatic carbocycles. The van der Waals surface area contributed by atoms with Crippen LogP contribution >= 0.6 is 0 Å². The number of benzene rings is 1. The Kier molecular flexibility index (Phi) is 7.91. The molecule has 3 heteroatoms. The van der Waals surface area contributed by atoms with Crippen molar-refractivity contribution in [2.45, 2.75) is 65.5 Å². The first kappa shape index (κ1) is 18.1. The van der Waals surface area contributed by atoms with Crippen molar-refractivity contribution in [2.24, 2.45) is 5.73 Å². The maximum Gasteiger partial charge on any atom is 0.126 e. The molecule has 0 aromatic heterocycles. The molecule has 1 unspecified atom stereocenters. The summed E-state index contributed by atoms with van der Waals surface area (Å²) in [6.45, 7) is 10.5. The topological polar surface area (TPSA) is 29.3 Å². The summed E-state index contributed by atoms with van der Waals surface area (Å²) in [6, 6.07) is 5.78. The lowest BCUT2D eigenvalue weighted by atomic mass is 10.0. The molecular weight excluding hydrogens is 263 g/mol. The van der Waals surface area contributed by atoms with Crippen LogP contribution in [-0.2, 0) is 0 Å². The zero-order chi connectivity index (χ0) is 15.8. The van der Waals surface area contributed by atoms with Gasteiger partial charge in [-0.1, -0.05) is 31.9 Å². The lowest BCUT2D eigenvalue weighted by Gasteiger charge is -2.27. The first-order chi connectivity index (χ1) is 9.95. The molecule has 2 N–H and O–H groups in total. The number of hydrogen-bond donors (Lipinski definition) is 1. The molecule has 0 amide bonds. The van der Waals surface area contributed by atoms with Gasteiger partial charge in [0.2, 0.25) is 0 Å². The average Bonchev–Trinajstić information content (AvgIpc) is 2.44. The van der Waals surface area contributed by atoms with Crippen molar-refractivity contribution >= 4 is 0 Å². The lowest BCUT2D eigenvalue weighted by molar-refractivity contribution is 0.209. The lowest BCUT2D eigenvalue weighted by Crippen LogP contribution is -2.34. The first-order valence-electron chi connectivity index (χ1n) is 8.21. The number of nitrogens with zero attached hydrogens (tertiary/aromatic N) is 1. The van der Waals surface area contributed by atoms with E-state index in [9.17, 15) is 4.39 Å². The molecule has 0 bridgehead atoms. The normalized spacial score (nSPS) is 13.1. The molecule has 1 atom stereocenters. The van der Waals surface area contributed by atoms with Gasteiger partial charge in [0.1, 0.15) is 5.82 Å². The summed E-state index contributed by atoms with van der Waals surface area (Å²) >= 11 is 0. The highest BCUT2D eigenvalue weighted by atomic mass is 19.1. The molecule has 21 heavy (non-hydrogen) atoms. The van der Waals surface area contributed by atoms with Crippen LogP contribution in [0.5, 0.6) is 0 Å². The second-order valence-corrected chi connectivity index (χ2v) is 6.24. The van der Waals surface area contributed by atoms with Crippen LogP contribution in [0.15, 0.2) is 18.2 Å². The van der Waals surface area contributed by atoms with Gasteiger partial charge in [0.15, 0.2) is 0 Å². The third kappa shape index (κ3) is 6.15. The van der Waals surface area contributed by atoms with Crippen LogP contribution in [0.3, 0.4) is 0 Å². The zero-order valence-electron chi connectivity index (χ0n) is 14.0. The molecule has 0 radical (unpaired) electrons. The van der Waals surface area contributed by atoms with E-state index in [1.165, 1.54) is 19.3 Å². The Morgan fingerprint density at radius 1 is 1.19 bits per heavy atom. The fraction of sp³-hybridized carbons (Fsp3) is 0.667. The fourth-order valence-corrected chi connectivity index (χ4v) is 2.50. The van der Waals surface area contributed by atoms with Gasteiger partial charge < -0.3 is 10.6 Å². The van der Waals surface area contributed by atoms with Gasteiger partial charge in [-0.05, 0) is 57.4 Å². The molecule has 0 aliphatic carbocycles. The summed E-state index contributed by atoms with van der Waals surface area (Å²) in [4.78, 5) is 2.47. The Morgan fingerprint density at radius 3 is 2.48 bits per heavy atom. The second kappa shape index (κ2) is 9.16. The minimum Gasteiger partial charge on any atom is -0.324 e. The highest BCUT2D eigenvalue weighted by molar-refractivity contribution is 5.25. The molecule has 0 spiro atoms. The van der Waals surface area contributed by atoms with Gasteiger partial charge in [0, 0.05) is 18.6 Å². The van der Waals surface area contributed by atoms with Gasteiger partial charge in [0.25, 0.3) is 0 Å². The number of hydrogen-bond acceptors (Lipinski definition) is 2. The quantitative estimate of drug-likeness (QED) is 0.683. The van der Waals surface area contributed by atoms with Gasteiger partial charge in [0.05, 0.1) is 0 Å². The Hall–Kier alpha value is -0.930. The zero-order valence-corrected chi connectivity index (χ0v) is 14.0. The largest absolute Gasteiger partial charge is 0.324 e. The summed E-state index contributed by atoms with van der Waals surface area (Å²) in [5.74, 6) is -0.161. The smallest absolute Gasteiger partial charge is 0.126 e. The highest BCUT2D eigenvalue weighted by Gasteiger charge is 2.13. The monoisotopic (exact) mass is 294 g/mol. The molecule has 0 aliphatic heterocycles. The second-order valence-electron chi connectivity index (χ2n) is 6.24. The minimum atomic E-state index is -0.161. The van der Waals surface area contributed by atoms with E-state index in [0.717, 1.165) is 25.1 Å². The Bertz CT molecular complexity index is 418. The van der Waals surface area contributed by atoms with Crippen molar-refractivity contribution in [3.05, 3.63) is 35.1 Å². The third-order valence-corrected chi connectivity index (χ3v) is 4.13. The molecule has 0 saturated heterocycles. The molecule has 1 rings (SSSR count). The van der Waals surface area contributed by atoms with Crippen LogP contribution in [-0.4, -0.2) is 24.0 Å². The molecule has 0 heterocycles. The standard InChI is InChI=1S/C18H31FN2/c1-5-6-7-11-21(14(2)3)12-10-18(20)16-9-8-15(4)17(19)13-16/h8-9,13-14,18H,5-7,10-12,20H2,1-4H3. The van der Waals surface area contributed by atoms with E-state index in [-0.39, 0.29) is 11.9 Å². The maximum atomic E-state index is 13.6. The maximum absolute atomic E-state index is 13.6. The number of aryl methyl sites for hydroxylation is 1. The van der Waals surface area contributed by atoms with Crippen LogP contribution in [0.1, 0.15) is 63.6 Å². The molecule has 0 aliphatic rings. The van der Waals surface area contributed by atoms with Crippen LogP contribution in [0.2, 0.25) is 0 Å². The van der Waals surface area contributed by atoms with E-state index in [1.54, 1.807) is 13.0 Å². The van der Waals surface area contributed by atoms with Gasteiger partial charge in [-0.25, -0.2) is 4.39 Å². The summed E-state index contributed by atoms with van der Waals surface area (Å²) in [5, 5.41) is 0. The van der Waals surface area contributed by atoms with E-state index >= 15 is 0 Å². The van der Waals surface area contributed by atoms with E-state index in [0.29, 0.717) is 11.6 Å². The fourth-order valence-electron chi connectivity index (χ4n) is 2.50. The Morgan fingerprint density at radius 2 is 1.90 bits per heavy atom. The average molecular weight is 294 g/mol. The van der Waals surface area contributed by atoms with Crippen LogP contribution < -0.4 is 5.73 Å². The van der Waals surface area contributed by atoms with Gasteiger partial charge >= 0.3 is 0 Å². The molecule has 0 saturated carbocycles. The molecular formula is C18H31FN2. The summed E-state index contributed by atoms with van der Waals surface area (Å²) in [5.41, 5.74) is 7.80. The Balaban J connectivity index is 2.51. The van der Waals surface area contributed by atoms with E-state index < -0.39 is 0 Å². The predicted molar refractivity (Wildman–Crippen MR) is 88.9 cm³/mol. The van der Waals surface area contributed by atoms with Gasteiger partial charge in [-0.2, -0.15) is 0 Å². The van der Waals surface area contributed by atoms with Gasteiger partial charge in [-0.3, -0.25) is 0 Å². The molecule has 1 aromatic rings. The van der Waals surface area contributed by atoms with Crippen molar-refractivity contribution in [2.75, 3.05) is 13.1 Å². The van der Waals surface area contributed by atoms with Crippen molar-refractivity contribution in [3.63, 3.8) is 0 Å². The van der Waals surface area contributed by atoms with E-state index in [2.05, 4.69) is 25.7 Å². The van der Waals surface area contributed by atoms with Crippen molar-refractivity contribution in [1.29, 1.82) is 0 Å². The molecule has 120 valence electrons.